The van der Waals surface area contributed by atoms with Crippen molar-refractivity contribution < 1.29 is 21.8 Å². The first-order valence-corrected chi connectivity index (χ1v) is 10.0. The minimum absolute atomic E-state index is 0. The molecule has 3 heteroatoms. The molecule has 4 rings (SSSR count). The van der Waals surface area contributed by atoms with Crippen LogP contribution in [0.1, 0.15) is 5.56 Å². The molecule has 0 amide bonds. The zero-order chi connectivity index (χ0) is 18.0. The van der Waals surface area contributed by atoms with Crippen molar-refractivity contribution in [3.63, 3.8) is 0 Å². The SMILES string of the molecule is COC[c-]1cccc1P(c1ccccc1)c1ccccc1.[Fe].[cH-]1[cH-][cH-][cH-][cH-]1. The fraction of sp³-hybridized carbons (Fsp3) is 0.0833. The summed E-state index contributed by atoms with van der Waals surface area (Å²) in [7, 11) is 1.23. The van der Waals surface area contributed by atoms with E-state index in [1.54, 1.807) is 7.11 Å². The van der Waals surface area contributed by atoms with Gasteiger partial charge in [-0.25, -0.2) is 12.1 Å². The first kappa shape index (κ1) is 21.4. The number of ether oxygens (including phenoxy) is 1. The summed E-state index contributed by atoms with van der Waals surface area (Å²) < 4.78 is 5.36. The Morgan fingerprint density at radius 1 is 0.741 bits per heavy atom. The van der Waals surface area contributed by atoms with Gasteiger partial charge in [-0.2, -0.15) is 6.07 Å². The van der Waals surface area contributed by atoms with Crippen molar-refractivity contribution in [2.24, 2.45) is 0 Å². The minimum Gasteiger partial charge on any atom is -0.748 e. The molecule has 0 saturated carbocycles. The van der Waals surface area contributed by atoms with E-state index in [2.05, 4.69) is 78.9 Å². The summed E-state index contributed by atoms with van der Waals surface area (Å²) in [4.78, 5) is 0. The Hall–Kier alpha value is -1.95. The molecule has 0 aliphatic carbocycles. The first-order chi connectivity index (χ1) is 12.9. The maximum absolute atomic E-state index is 5.36. The molecular formula is C24H23FeOP-6. The van der Waals surface area contributed by atoms with Crippen molar-refractivity contribution in [1.29, 1.82) is 0 Å². The van der Waals surface area contributed by atoms with Crippen LogP contribution in [-0.4, -0.2) is 7.11 Å². The first-order valence-electron chi connectivity index (χ1n) is 8.70. The monoisotopic (exact) mass is 414 g/mol. The van der Waals surface area contributed by atoms with Gasteiger partial charge in [0.1, 0.15) is 0 Å². The Bertz CT molecular complexity index is 797. The van der Waals surface area contributed by atoms with Crippen molar-refractivity contribution in [2.45, 2.75) is 6.61 Å². The molecule has 0 aromatic heterocycles. The zero-order valence-corrected chi connectivity index (χ0v) is 17.3. The van der Waals surface area contributed by atoms with Crippen molar-refractivity contribution in [3.8, 4) is 0 Å². The van der Waals surface area contributed by atoms with E-state index in [4.69, 9.17) is 4.74 Å². The standard InChI is InChI=1S/C19H18OP.C5H5.Fe/c1-20-15-16-9-8-14-19(16)21(17-10-4-2-5-11-17)18-12-6-3-7-13-18;1-2-4-5-3-1;/h2-14H,15H2,1H3;1-5H;/q-1;-5;. The second-order valence-electron chi connectivity index (χ2n) is 5.84. The van der Waals surface area contributed by atoms with E-state index in [1.165, 1.54) is 21.5 Å². The third-order valence-electron chi connectivity index (χ3n) is 4.01. The second-order valence-corrected chi connectivity index (χ2v) is 8.02. The molecule has 0 N–H and O–H groups in total. The summed E-state index contributed by atoms with van der Waals surface area (Å²) in [5.41, 5.74) is 1.29. The third kappa shape index (κ3) is 6.03. The molecule has 4 aromatic rings. The van der Waals surface area contributed by atoms with E-state index in [0.717, 1.165) is 0 Å². The van der Waals surface area contributed by atoms with Crippen LogP contribution in [-0.2, 0) is 28.4 Å². The quantitative estimate of drug-likeness (QED) is 0.261. The molecule has 0 aliphatic rings. The smallest absolute Gasteiger partial charge is 0.0345 e. The minimum atomic E-state index is -0.521. The molecule has 1 nitrogen and oxygen atoms in total. The summed E-state index contributed by atoms with van der Waals surface area (Å²) in [6.45, 7) is 0.667. The summed E-state index contributed by atoms with van der Waals surface area (Å²) in [5.74, 6) is 0. The molecule has 0 aliphatic heterocycles. The number of benzene rings is 2. The number of hydrogen-bond acceptors (Lipinski definition) is 1. The second kappa shape index (κ2) is 11.7. The van der Waals surface area contributed by atoms with Crippen molar-refractivity contribution in [1.82, 2.24) is 0 Å². The molecular weight excluding hydrogens is 391 g/mol. The van der Waals surface area contributed by atoms with E-state index in [-0.39, 0.29) is 17.1 Å². The van der Waals surface area contributed by atoms with Gasteiger partial charge in [-0.15, -0.1) is 10.9 Å². The van der Waals surface area contributed by atoms with Gasteiger partial charge in [-0.1, -0.05) is 60.7 Å². The zero-order valence-electron chi connectivity index (χ0n) is 15.3. The van der Waals surface area contributed by atoms with E-state index < -0.39 is 7.92 Å². The van der Waals surface area contributed by atoms with Crippen molar-refractivity contribution in [3.05, 3.63) is 115 Å². The number of methoxy groups -OCH3 is 1. The van der Waals surface area contributed by atoms with Crippen LogP contribution in [0.5, 0.6) is 0 Å². The van der Waals surface area contributed by atoms with E-state index in [9.17, 15) is 0 Å². The number of rotatable bonds is 5. The van der Waals surface area contributed by atoms with E-state index in [1.807, 2.05) is 30.3 Å². The van der Waals surface area contributed by atoms with Crippen LogP contribution in [0.2, 0.25) is 0 Å². The van der Waals surface area contributed by atoms with Gasteiger partial charge in [0, 0.05) is 30.8 Å². The number of hydrogen-bond donors (Lipinski definition) is 0. The van der Waals surface area contributed by atoms with Crippen LogP contribution in [0.3, 0.4) is 0 Å². The summed E-state index contributed by atoms with van der Waals surface area (Å²) in [6.07, 6.45) is 0. The van der Waals surface area contributed by atoms with Crippen LogP contribution in [0, 0.1) is 0 Å². The normalized spacial score (nSPS) is 10.0. The predicted molar refractivity (Wildman–Crippen MR) is 113 cm³/mol. The molecule has 0 bridgehead atoms. The fourth-order valence-corrected chi connectivity index (χ4v) is 5.30. The molecule has 27 heavy (non-hydrogen) atoms. The molecule has 0 atom stereocenters. The molecule has 4 aromatic carbocycles. The van der Waals surface area contributed by atoms with Crippen molar-refractivity contribution >= 4 is 23.8 Å². The largest absolute Gasteiger partial charge is 0.748 e. The molecule has 0 unspecified atom stereocenters. The molecule has 0 radical (unpaired) electrons. The maximum Gasteiger partial charge on any atom is 0.0345 e. The summed E-state index contributed by atoms with van der Waals surface area (Å²) >= 11 is 0. The Kier molecular flexibility index (Phi) is 9.25. The predicted octanol–water partition coefficient (Wildman–Crippen LogP) is 4.71. The topological polar surface area (TPSA) is 9.23 Å². The van der Waals surface area contributed by atoms with E-state index >= 15 is 0 Å². The van der Waals surface area contributed by atoms with Gasteiger partial charge < -0.3 is 35.1 Å². The Morgan fingerprint density at radius 3 is 1.67 bits per heavy atom. The van der Waals surface area contributed by atoms with Gasteiger partial charge in [0.05, 0.1) is 0 Å². The van der Waals surface area contributed by atoms with Gasteiger partial charge in [0.15, 0.2) is 0 Å². The third-order valence-corrected chi connectivity index (χ3v) is 6.55. The van der Waals surface area contributed by atoms with E-state index in [0.29, 0.717) is 6.61 Å². The van der Waals surface area contributed by atoms with Crippen molar-refractivity contribution in [2.75, 3.05) is 7.11 Å². The van der Waals surface area contributed by atoms with Gasteiger partial charge in [0.2, 0.25) is 0 Å². The maximum atomic E-state index is 5.36. The Balaban J connectivity index is 0.000000379. The Labute approximate surface area is 174 Å². The fourth-order valence-electron chi connectivity index (χ4n) is 2.85. The van der Waals surface area contributed by atoms with Crippen LogP contribution >= 0.6 is 7.92 Å². The average molecular weight is 414 g/mol. The molecule has 0 spiro atoms. The van der Waals surface area contributed by atoms with Crippen LogP contribution < -0.4 is 15.9 Å². The molecule has 0 fully saturated rings. The summed E-state index contributed by atoms with van der Waals surface area (Å²) in [5, 5.41) is 4.15. The van der Waals surface area contributed by atoms with Gasteiger partial charge in [-0.3, -0.25) is 0 Å². The molecule has 0 heterocycles. The molecule has 144 valence electrons. The van der Waals surface area contributed by atoms with Gasteiger partial charge in [-0.05, 0) is 18.5 Å². The van der Waals surface area contributed by atoms with Crippen LogP contribution in [0.4, 0.5) is 0 Å². The summed E-state index contributed by atoms with van der Waals surface area (Å²) in [6, 6.07) is 38.0. The van der Waals surface area contributed by atoms with Gasteiger partial charge in [0.25, 0.3) is 0 Å². The van der Waals surface area contributed by atoms with Gasteiger partial charge >= 0.3 is 0 Å². The van der Waals surface area contributed by atoms with Crippen LogP contribution in [0.25, 0.3) is 0 Å². The van der Waals surface area contributed by atoms with Crippen LogP contribution in [0.15, 0.2) is 109 Å². The Morgan fingerprint density at radius 2 is 1.22 bits per heavy atom. The molecule has 0 saturated heterocycles. The average Bonchev–Trinajstić information content (AvgIpc) is 3.40.